The van der Waals surface area contributed by atoms with E-state index in [4.69, 9.17) is 4.74 Å². The molecule has 11 heteroatoms. The first kappa shape index (κ1) is 29.0. The Morgan fingerprint density at radius 3 is 2.62 bits per heavy atom. The lowest BCUT2D eigenvalue weighted by molar-refractivity contribution is -0.144. The van der Waals surface area contributed by atoms with Crippen LogP contribution < -0.4 is 5.32 Å². The maximum atomic E-state index is 15.0. The van der Waals surface area contributed by atoms with Gasteiger partial charge >= 0.3 is 5.97 Å². The number of esters is 1. The number of nitrogens with zero attached hydrogens (tertiary/aromatic N) is 6. The fourth-order valence-electron chi connectivity index (χ4n) is 4.87. The lowest BCUT2D eigenvalue weighted by atomic mass is 10.1. The number of rotatable bonds is 7. The van der Waals surface area contributed by atoms with Gasteiger partial charge in [0.25, 0.3) is 0 Å². The zero-order chi connectivity index (χ0) is 29.0. The molecular formula is C29H35F2N7O2. The van der Waals surface area contributed by atoms with Crippen LogP contribution in [-0.2, 0) is 22.5 Å². The highest BCUT2D eigenvalue weighted by atomic mass is 19.1. The van der Waals surface area contributed by atoms with E-state index in [0.717, 1.165) is 17.5 Å². The number of hydrogen-bond acceptors (Lipinski definition) is 8. The first-order valence-electron chi connectivity index (χ1n) is 13.6. The van der Waals surface area contributed by atoms with Crippen LogP contribution in [0.15, 0.2) is 30.5 Å². The van der Waals surface area contributed by atoms with Crippen LogP contribution in [0.2, 0.25) is 0 Å². The molecule has 0 atom stereocenters. The topological polar surface area (TPSA) is 98.1 Å². The highest BCUT2D eigenvalue weighted by molar-refractivity contribution is 5.83. The van der Waals surface area contributed by atoms with Gasteiger partial charge in [0.15, 0.2) is 11.6 Å². The number of imidazole rings is 1. The summed E-state index contributed by atoms with van der Waals surface area (Å²) in [5.41, 5.74) is 3.01. The number of nitrogens with one attached hydrogen (secondary N) is 1. The van der Waals surface area contributed by atoms with Gasteiger partial charge in [-0.2, -0.15) is 0 Å². The largest absolute Gasteiger partial charge is 0.465 e. The highest BCUT2D eigenvalue weighted by Gasteiger charge is 2.21. The lowest BCUT2D eigenvalue weighted by Gasteiger charge is -2.27. The quantitative estimate of drug-likeness (QED) is 0.290. The second-order valence-electron chi connectivity index (χ2n) is 9.53. The van der Waals surface area contributed by atoms with Gasteiger partial charge in [-0.3, -0.25) is 9.69 Å². The summed E-state index contributed by atoms with van der Waals surface area (Å²) in [6, 6.07) is 6.72. The predicted octanol–water partition coefficient (Wildman–Crippen LogP) is 5.75. The molecule has 5 rings (SSSR count). The van der Waals surface area contributed by atoms with Gasteiger partial charge in [-0.25, -0.2) is 28.7 Å². The van der Waals surface area contributed by atoms with Gasteiger partial charge in [-0.05, 0) is 51.5 Å². The van der Waals surface area contributed by atoms with Crippen molar-refractivity contribution in [3.8, 4) is 11.3 Å². The minimum Gasteiger partial charge on any atom is -0.465 e. The maximum Gasteiger partial charge on any atom is 0.320 e. The van der Waals surface area contributed by atoms with Crippen LogP contribution in [-0.4, -0.2) is 55.1 Å². The number of aromatic nitrogens is 5. The fraction of sp³-hybridized carbons (Fsp3) is 0.414. The Balaban J connectivity index is 0.00000181. The standard InChI is InChI=1S/C27H29F2N7O2.C2H6/c1-5-38-24(37)14-35-9-8-21-17(13-35)6-7-23(32-21)33-27-30-12-20(29)25(34-27)18-10-19(28)26-22(11-18)36(15(2)3)16(4)31-26;1-2/h6-7,10-12,15H,5,8-9,13-14H2,1-4H3,(H,30,32,33,34);1-2H3. The van der Waals surface area contributed by atoms with Gasteiger partial charge in [0.05, 0.1) is 24.9 Å². The number of fused-ring (bicyclic) bond motifs is 2. The molecule has 0 spiro atoms. The van der Waals surface area contributed by atoms with Crippen LogP contribution >= 0.6 is 0 Å². The van der Waals surface area contributed by atoms with E-state index in [0.29, 0.717) is 48.8 Å². The normalized spacial score (nSPS) is 13.1. The number of benzene rings is 1. The SMILES string of the molecule is CC.CCOC(=O)CN1CCc2nc(Nc3ncc(F)c(-c4cc(F)c5nc(C)n(C(C)C)c5c4)n3)ccc2C1. The van der Waals surface area contributed by atoms with E-state index in [1.807, 2.05) is 50.2 Å². The minimum atomic E-state index is -0.665. The van der Waals surface area contributed by atoms with Crippen molar-refractivity contribution >= 4 is 28.8 Å². The molecular weight excluding hydrogens is 516 g/mol. The number of anilines is 2. The van der Waals surface area contributed by atoms with Gasteiger partial charge in [-0.15, -0.1) is 0 Å². The molecule has 4 heterocycles. The smallest absolute Gasteiger partial charge is 0.320 e. The first-order valence-corrected chi connectivity index (χ1v) is 13.6. The van der Waals surface area contributed by atoms with Crippen LogP contribution in [0, 0.1) is 18.6 Å². The van der Waals surface area contributed by atoms with Gasteiger partial charge in [0.1, 0.15) is 22.9 Å². The summed E-state index contributed by atoms with van der Waals surface area (Å²) >= 11 is 0. The predicted molar refractivity (Wildman–Crippen MR) is 150 cm³/mol. The number of carbonyl (C=O) groups is 1. The van der Waals surface area contributed by atoms with Gasteiger partial charge < -0.3 is 14.6 Å². The Kier molecular flexibility index (Phi) is 9.03. The summed E-state index contributed by atoms with van der Waals surface area (Å²) in [4.78, 5) is 31.3. The molecule has 1 aliphatic rings. The Bertz CT molecular complexity index is 1520. The molecule has 0 saturated carbocycles. The molecule has 0 amide bonds. The van der Waals surface area contributed by atoms with Crippen LogP contribution in [0.5, 0.6) is 0 Å². The van der Waals surface area contributed by atoms with E-state index in [1.165, 1.54) is 6.07 Å². The van der Waals surface area contributed by atoms with Crippen molar-refractivity contribution in [3.05, 3.63) is 59.2 Å². The number of halogens is 2. The summed E-state index contributed by atoms with van der Waals surface area (Å²) in [5, 5.41) is 3.04. The third kappa shape index (κ3) is 6.09. The molecule has 0 radical (unpaired) electrons. The summed E-state index contributed by atoms with van der Waals surface area (Å²) in [5.74, 6) is -0.117. The average Bonchev–Trinajstić information content (AvgIpc) is 3.27. The number of pyridine rings is 1. The first-order chi connectivity index (χ1) is 19.2. The van der Waals surface area contributed by atoms with E-state index in [1.54, 1.807) is 19.1 Å². The van der Waals surface area contributed by atoms with Crippen LogP contribution in [0.4, 0.5) is 20.5 Å². The van der Waals surface area contributed by atoms with E-state index in [-0.39, 0.29) is 35.7 Å². The monoisotopic (exact) mass is 551 g/mol. The molecule has 4 aromatic rings. The summed E-state index contributed by atoms with van der Waals surface area (Å²) < 4.78 is 36.8. The third-order valence-electron chi connectivity index (χ3n) is 6.48. The van der Waals surface area contributed by atoms with Gasteiger partial charge in [0, 0.05) is 36.8 Å². The Morgan fingerprint density at radius 2 is 1.90 bits per heavy atom. The molecule has 0 aliphatic carbocycles. The number of hydrogen-bond donors (Lipinski definition) is 1. The number of aryl methyl sites for hydroxylation is 1. The van der Waals surface area contributed by atoms with Crippen molar-refractivity contribution in [1.82, 2.24) is 29.4 Å². The molecule has 1 N–H and O–H groups in total. The second kappa shape index (κ2) is 12.5. The van der Waals surface area contributed by atoms with Crippen LogP contribution in [0.3, 0.4) is 0 Å². The zero-order valence-corrected chi connectivity index (χ0v) is 23.8. The molecule has 0 saturated heterocycles. The molecule has 0 fully saturated rings. The van der Waals surface area contributed by atoms with Gasteiger partial charge in [-0.1, -0.05) is 19.9 Å². The summed E-state index contributed by atoms with van der Waals surface area (Å²) in [6.07, 6.45) is 1.73. The number of ether oxygens (including phenoxy) is 1. The molecule has 1 aliphatic heterocycles. The Hall–Kier alpha value is -3.99. The molecule has 0 bridgehead atoms. The Morgan fingerprint density at radius 1 is 1.12 bits per heavy atom. The molecule has 1 aromatic carbocycles. The molecule has 212 valence electrons. The van der Waals surface area contributed by atoms with E-state index in [9.17, 15) is 13.6 Å². The van der Waals surface area contributed by atoms with E-state index < -0.39 is 11.6 Å². The van der Waals surface area contributed by atoms with Crippen molar-refractivity contribution in [2.24, 2.45) is 0 Å². The lowest BCUT2D eigenvalue weighted by Crippen LogP contribution is -2.36. The Labute approximate surface area is 232 Å². The average molecular weight is 552 g/mol. The van der Waals surface area contributed by atoms with Crippen molar-refractivity contribution in [2.45, 2.75) is 60.5 Å². The summed E-state index contributed by atoms with van der Waals surface area (Å²) in [7, 11) is 0. The van der Waals surface area contributed by atoms with E-state index in [2.05, 4.69) is 25.3 Å². The second-order valence-corrected chi connectivity index (χ2v) is 9.53. The number of carbonyl (C=O) groups excluding carboxylic acids is 1. The van der Waals surface area contributed by atoms with Gasteiger partial charge in [0.2, 0.25) is 5.95 Å². The molecule has 9 nitrogen and oxygen atoms in total. The fourth-order valence-corrected chi connectivity index (χ4v) is 4.87. The highest BCUT2D eigenvalue weighted by Crippen LogP contribution is 2.30. The summed E-state index contributed by atoms with van der Waals surface area (Å²) in [6.45, 7) is 13.4. The van der Waals surface area contributed by atoms with Crippen molar-refractivity contribution in [2.75, 3.05) is 25.0 Å². The van der Waals surface area contributed by atoms with Crippen LogP contribution in [0.25, 0.3) is 22.3 Å². The van der Waals surface area contributed by atoms with Crippen molar-refractivity contribution in [3.63, 3.8) is 0 Å². The molecule has 40 heavy (non-hydrogen) atoms. The van der Waals surface area contributed by atoms with E-state index >= 15 is 0 Å². The van der Waals surface area contributed by atoms with Crippen LogP contribution in [0.1, 0.15) is 57.7 Å². The zero-order valence-electron chi connectivity index (χ0n) is 23.8. The molecule has 0 unspecified atom stereocenters. The van der Waals surface area contributed by atoms with Crippen molar-refractivity contribution < 1.29 is 18.3 Å². The minimum absolute atomic E-state index is 0.0231. The van der Waals surface area contributed by atoms with Crippen molar-refractivity contribution in [1.29, 1.82) is 0 Å². The maximum absolute atomic E-state index is 15.0. The third-order valence-corrected chi connectivity index (χ3v) is 6.48. The molecule has 3 aromatic heterocycles.